The predicted molar refractivity (Wildman–Crippen MR) is 120 cm³/mol. The summed E-state index contributed by atoms with van der Waals surface area (Å²) in [7, 11) is 1.52. The van der Waals surface area contributed by atoms with Crippen LogP contribution in [0.3, 0.4) is 0 Å². The molecular formula is C21H30N6O3. The van der Waals surface area contributed by atoms with E-state index >= 15 is 0 Å². The molecule has 9 nitrogen and oxygen atoms in total. The number of pyridine rings is 1. The molecule has 9 heteroatoms. The molecule has 0 saturated carbocycles. The number of amides is 2. The van der Waals surface area contributed by atoms with Gasteiger partial charge in [0.25, 0.3) is 0 Å². The van der Waals surface area contributed by atoms with E-state index in [1.54, 1.807) is 18.2 Å². The minimum absolute atomic E-state index is 0.0877. The Bertz CT molecular complexity index is 874. The number of aliphatic hydroxyl groups excluding tert-OH is 1. The van der Waals surface area contributed by atoms with Gasteiger partial charge in [0.15, 0.2) is 0 Å². The van der Waals surface area contributed by atoms with Crippen molar-refractivity contribution in [2.45, 2.75) is 32.4 Å². The van der Waals surface area contributed by atoms with Crippen molar-refractivity contribution in [2.75, 3.05) is 30.8 Å². The summed E-state index contributed by atoms with van der Waals surface area (Å²) >= 11 is 0. The maximum absolute atomic E-state index is 11.9. The van der Waals surface area contributed by atoms with Gasteiger partial charge in [-0.1, -0.05) is 19.1 Å². The van der Waals surface area contributed by atoms with Crippen LogP contribution in [0, 0.1) is 5.41 Å². The molecule has 2 rings (SSSR count). The zero-order chi connectivity index (χ0) is 22.1. The fourth-order valence-corrected chi connectivity index (χ4v) is 2.59. The normalized spacial score (nSPS) is 12.6. The number of benzene rings is 1. The lowest BCUT2D eigenvalue weighted by Gasteiger charge is -2.19. The first-order valence-electron chi connectivity index (χ1n) is 9.83. The number of rotatable bonds is 10. The molecule has 162 valence electrons. The molecule has 0 aliphatic heterocycles. The van der Waals surface area contributed by atoms with Crippen LogP contribution in [0.1, 0.15) is 25.8 Å². The van der Waals surface area contributed by atoms with E-state index in [-0.39, 0.29) is 19.2 Å². The minimum atomic E-state index is -0.742. The van der Waals surface area contributed by atoms with E-state index in [1.165, 1.54) is 13.3 Å². The summed E-state index contributed by atoms with van der Waals surface area (Å²) in [6, 6.07) is 8.72. The fourth-order valence-electron chi connectivity index (χ4n) is 2.59. The Kier molecular flexibility index (Phi) is 8.57. The van der Waals surface area contributed by atoms with Gasteiger partial charge in [-0.15, -0.1) is 0 Å². The van der Waals surface area contributed by atoms with Crippen LogP contribution in [-0.2, 0) is 0 Å². The van der Waals surface area contributed by atoms with Crippen molar-refractivity contribution in [1.29, 1.82) is 5.41 Å². The van der Waals surface area contributed by atoms with E-state index in [4.69, 9.17) is 15.9 Å². The van der Waals surface area contributed by atoms with Crippen LogP contribution < -0.4 is 26.4 Å². The van der Waals surface area contributed by atoms with Gasteiger partial charge < -0.3 is 36.9 Å². The van der Waals surface area contributed by atoms with Gasteiger partial charge in [-0.3, -0.25) is 0 Å². The largest absolute Gasteiger partial charge is 0.491 e. The lowest BCUT2D eigenvalue weighted by atomic mass is 10.1. The van der Waals surface area contributed by atoms with Crippen LogP contribution >= 0.6 is 0 Å². The molecule has 0 spiro atoms. The minimum Gasteiger partial charge on any atom is -0.491 e. The molecule has 2 aromatic rings. The Balaban J connectivity index is 2.48. The zero-order valence-corrected chi connectivity index (χ0v) is 17.5. The Morgan fingerprint density at radius 2 is 2.17 bits per heavy atom. The maximum Gasteiger partial charge on any atom is 0.318 e. The van der Waals surface area contributed by atoms with Crippen LogP contribution in [0.5, 0.6) is 5.75 Å². The molecular weight excluding hydrogens is 384 g/mol. The third-order valence-corrected chi connectivity index (χ3v) is 4.52. The number of anilines is 2. The summed E-state index contributed by atoms with van der Waals surface area (Å²) in [6.07, 6.45) is 1.29. The average Bonchev–Trinajstić information content (AvgIpc) is 2.77. The number of hydrogen-bond donors (Lipinski definition) is 6. The van der Waals surface area contributed by atoms with Crippen molar-refractivity contribution in [2.24, 2.45) is 5.73 Å². The topological polar surface area (TPSA) is 145 Å². The second kappa shape index (κ2) is 11.1. The Morgan fingerprint density at radius 3 is 2.80 bits per heavy atom. The van der Waals surface area contributed by atoms with Gasteiger partial charge in [0.05, 0.1) is 16.9 Å². The molecule has 7 N–H and O–H groups in total. The molecule has 2 amide bonds. The van der Waals surface area contributed by atoms with E-state index in [0.29, 0.717) is 28.5 Å². The summed E-state index contributed by atoms with van der Waals surface area (Å²) in [5.41, 5.74) is 7.73. The third-order valence-electron chi connectivity index (χ3n) is 4.52. The number of aromatic nitrogens is 1. The molecule has 0 aliphatic rings. The molecule has 0 aliphatic carbocycles. The van der Waals surface area contributed by atoms with Crippen LogP contribution in [0.15, 0.2) is 30.3 Å². The first kappa shape index (κ1) is 23.1. The highest BCUT2D eigenvalue weighted by atomic mass is 16.5. The maximum atomic E-state index is 11.9. The van der Waals surface area contributed by atoms with Gasteiger partial charge in [-0.2, -0.15) is 0 Å². The molecule has 0 radical (unpaired) electrons. The lowest BCUT2D eigenvalue weighted by molar-refractivity contribution is 0.114. The van der Waals surface area contributed by atoms with Crippen LogP contribution in [0.2, 0.25) is 0 Å². The number of nitrogens with two attached hydrogens (primary N) is 1. The van der Waals surface area contributed by atoms with Crippen molar-refractivity contribution in [1.82, 2.24) is 10.3 Å². The first-order chi connectivity index (χ1) is 14.4. The number of aliphatic hydroxyl groups is 1. The number of carbonyl (C=O) groups excluding carboxylic acids is 1. The van der Waals surface area contributed by atoms with Crippen molar-refractivity contribution >= 4 is 23.8 Å². The van der Waals surface area contributed by atoms with Crippen LogP contribution in [0.4, 0.5) is 16.3 Å². The summed E-state index contributed by atoms with van der Waals surface area (Å²) in [5, 5.41) is 26.0. The van der Waals surface area contributed by atoms with Crippen LogP contribution in [-0.4, -0.2) is 54.7 Å². The summed E-state index contributed by atoms with van der Waals surface area (Å²) < 4.78 is 5.60. The Hall–Kier alpha value is -3.17. The zero-order valence-electron chi connectivity index (χ0n) is 17.5. The van der Waals surface area contributed by atoms with E-state index in [2.05, 4.69) is 20.9 Å². The van der Waals surface area contributed by atoms with Gasteiger partial charge in [0.2, 0.25) is 0 Å². The highest BCUT2D eigenvalue weighted by molar-refractivity contribution is 6.00. The third kappa shape index (κ3) is 6.16. The number of nitrogens with one attached hydrogen (secondary N) is 4. The molecule has 2 atom stereocenters. The number of nitrogens with zero attached hydrogens (tertiary/aromatic N) is 1. The van der Waals surface area contributed by atoms with Gasteiger partial charge in [-0.05, 0) is 31.5 Å². The van der Waals surface area contributed by atoms with Crippen LogP contribution in [0.25, 0.3) is 11.3 Å². The molecule has 0 fully saturated rings. The molecule has 2 unspecified atom stereocenters. The second-order valence-corrected chi connectivity index (χ2v) is 6.85. The highest BCUT2D eigenvalue weighted by Gasteiger charge is 2.16. The number of ether oxygens (including phenoxy) is 1. The molecule has 1 aromatic carbocycles. The lowest BCUT2D eigenvalue weighted by Crippen LogP contribution is -2.26. The average molecular weight is 415 g/mol. The SMILES string of the molecule is CCC(C)Nc1nc(-c2cccc(OCC(O)CN)c2)cc(NC(=O)NC)c1C=N. The quantitative estimate of drug-likeness (QED) is 0.329. The Morgan fingerprint density at radius 1 is 1.40 bits per heavy atom. The smallest absolute Gasteiger partial charge is 0.318 e. The monoisotopic (exact) mass is 414 g/mol. The van der Waals surface area contributed by atoms with Gasteiger partial charge >= 0.3 is 6.03 Å². The number of carbonyl (C=O) groups is 1. The van der Waals surface area contributed by atoms with Crippen molar-refractivity contribution in [3.63, 3.8) is 0 Å². The molecule has 0 saturated heterocycles. The van der Waals surface area contributed by atoms with E-state index < -0.39 is 12.1 Å². The number of hydrogen-bond acceptors (Lipinski definition) is 7. The van der Waals surface area contributed by atoms with E-state index in [0.717, 1.165) is 12.0 Å². The van der Waals surface area contributed by atoms with Crippen molar-refractivity contribution < 1.29 is 14.6 Å². The first-order valence-corrected chi connectivity index (χ1v) is 9.83. The standard InChI is InChI=1S/C21H30N6O3/c1-4-13(2)25-20-17(11-23)19(27-21(29)24-3)9-18(26-20)14-6-5-7-16(8-14)30-12-15(28)10-22/h5-9,11,13,15,23,28H,4,10,12,22H2,1-3H3,(H3,24,25,26,27,29). The highest BCUT2D eigenvalue weighted by Crippen LogP contribution is 2.30. The predicted octanol–water partition coefficient (Wildman–Crippen LogP) is 2.41. The summed E-state index contributed by atoms with van der Waals surface area (Å²) in [5.74, 6) is 1.07. The van der Waals surface area contributed by atoms with Gasteiger partial charge in [-0.25, -0.2) is 9.78 Å². The van der Waals surface area contributed by atoms with Gasteiger partial charge in [0, 0.05) is 31.4 Å². The summed E-state index contributed by atoms with van der Waals surface area (Å²) in [6.45, 7) is 4.27. The van der Waals surface area contributed by atoms with Gasteiger partial charge in [0.1, 0.15) is 24.3 Å². The number of urea groups is 1. The summed E-state index contributed by atoms with van der Waals surface area (Å²) in [4.78, 5) is 16.6. The van der Waals surface area contributed by atoms with Crippen molar-refractivity contribution in [3.05, 3.63) is 35.9 Å². The molecule has 1 heterocycles. The molecule has 0 bridgehead atoms. The molecule has 30 heavy (non-hydrogen) atoms. The van der Waals surface area contributed by atoms with E-state index in [9.17, 15) is 9.90 Å². The molecule has 1 aromatic heterocycles. The Labute approximate surface area is 176 Å². The van der Waals surface area contributed by atoms with Crippen molar-refractivity contribution in [3.8, 4) is 17.0 Å². The fraction of sp³-hybridized carbons (Fsp3) is 0.381. The second-order valence-electron chi connectivity index (χ2n) is 6.85. The van der Waals surface area contributed by atoms with E-state index in [1.807, 2.05) is 26.0 Å².